The summed E-state index contributed by atoms with van der Waals surface area (Å²) in [5, 5.41) is 3.85. The van der Waals surface area contributed by atoms with E-state index in [1.807, 2.05) is 0 Å². The van der Waals surface area contributed by atoms with Crippen LogP contribution in [-0.2, 0) is 17.1 Å². The van der Waals surface area contributed by atoms with E-state index >= 15 is 0 Å². The summed E-state index contributed by atoms with van der Waals surface area (Å²) in [4.78, 5) is 2.44. The molecule has 0 spiro atoms. The van der Waals surface area contributed by atoms with E-state index in [-0.39, 0.29) is 10.7 Å². The van der Waals surface area contributed by atoms with Gasteiger partial charge in [0.25, 0.3) is 0 Å². The Balaban J connectivity index is 1.79. The molecule has 1 aromatic rings. The SMILES string of the molecule is Cn1cc(S(=O)(=O)NCCCN2CCCCC2)c(N)n1. The normalized spacial score (nSPS) is 17.4. The summed E-state index contributed by atoms with van der Waals surface area (Å²) < 4.78 is 28.1. The van der Waals surface area contributed by atoms with Crippen LogP contribution in [0.1, 0.15) is 25.7 Å². The molecule has 114 valence electrons. The maximum atomic E-state index is 12.1. The number of likely N-dealkylation sites (tertiary alicyclic amines) is 1. The average molecular weight is 301 g/mol. The molecule has 0 bridgehead atoms. The van der Waals surface area contributed by atoms with Crippen molar-refractivity contribution in [2.75, 3.05) is 31.9 Å². The summed E-state index contributed by atoms with van der Waals surface area (Å²) in [6, 6.07) is 0. The van der Waals surface area contributed by atoms with Crippen LogP contribution in [0.15, 0.2) is 11.1 Å². The highest BCUT2D eigenvalue weighted by Gasteiger charge is 2.20. The van der Waals surface area contributed by atoms with Crippen molar-refractivity contribution >= 4 is 15.8 Å². The molecule has 0 amide bonds. The van der Waals surface area contributed by atoms with E-state index < -0.39 is 10.0 Å². The molecule has 0 atom stereocenters. The lowest BCUT2D eigenvalue weighted by Crippen LogP contribution is -2.33. The van der Waals surface area contributed by atoms with Crippen LogP contribution in [0.2, 0.25) is 0 Å². The van der Waals surface area contributed by atoms with E-state index in [0.717, 1.165) is 26.1 Å². The van der Waals surface area contributed by atoms with Crippen LogP contribution >= 0.6 is 0 Å². The van der Waals surface area contributed by atoms with Gasteiger partial charge in [0.1, 0.15) is 4.90 Å². The van der Waals surface area contributed by atoms with Crippen molar-refractivity contribution in [3.05, 3.63) is 6.20 Å². The van der Waals surface area contributed by atoms with Crippen LogP contribution in [0.4, 0.5) is 5.82 Å². The Kier molecular flexibility index (Phi) is 5.00. The zero-order valence-electron chi connectivity index (χ0n) is 11.9. The van der Waals surface area contributed by atoms with Crippen molar-refractivity contribution in [2.45, 2.75) is 30.6 Å². The minimum absolute atomic E-state index is 0.0380. The summed E-state index contributed by atoms with van der Waals surface area (Å²) in [5.41, 5.74) is 5.59. The van der Waals surface area contributed by atoms with Crippen LogP contribution < -0.4 is 10.5 Å². The molecule has 0 radical (unpaired) electrons. The summed E-state index contributed by atoms with van der Waals surface area (Å²) >= 11 is 0. The average Bonchev–Trinajstić information content (AvgIpc) is 2.76. The number of nitrogens with one attached hydrogen (secondary N) is 1. The second kappa shape index (κ2) is 6.55. The number of aromatic nitrogens is 2. The van der Waals surface area contributed by atoms with Crippen molar-refractivity contribution in [1.82, 2.24) is 19.4 Å². The predicted octanol–water partition coefficient (Wildman–Crippen LogP) is 0.157. The van der Waals surface area contributed by atoms with Gasteiger partial charge in [-0.1, -0.05) is 6.42 Å². The molecule has 1 aliphatic heterocycles. The molecule has 1 fully saturated rings. The monoisotopic (exact) mass is 301 g/mol. The molecule has 3 N–H and O–H groups in total. The lowest BCUT2D eigenvalue weighted by atomic mass is 10.1. The lowest BCUT2D eigenvalue weighted by molar-refractivity contribution is 0.227. The second-order valence-corrected chi connectivity index (χ2v) is 6.94. The molecular weight excluding hydrogens is 278 g/mol. The fourth-order valence-electron chi connectivity index (χ4n) is 2.46. The van der Waals surface area contributed by atoms with E-state index in [4.69, 9.17) is 5.73 Å². The zero-order chi connectivity index (χ0) is 14.6. The van der Waals surface area contributed by atoms with E-state index in [2.05, 4.69) is 14.7 Å². The summed E-state index contributed by atoms with van der Waals surface area (Å²) in [5.74, 6) is 0.0380. The van der Waals surface area contributed by atoms with Crippen molar-refractivity contribution in [2.24, 2.45) is 7.05 Å². The first-order valence-corrected chi connectivity index (χ1v) is 8.48. The van der Waals surface area contributed by atoms with Crippen molar-refractivity contribution in [3.8, 4) is 0 Å². The number of hydrogen-bond donors (Lipinski definition) is 2. The van der Waals surface area contributed by atoms with Crippen LogP contribution in [-0.4, -0.2) is 49.3 Å². The van der Waals surface area contributed by atoms with E-state index in [1.54, 1.807) is 7.05 Å². The Hall–Kier alpha value is -1.12. The number of nitrogens with zero attached hydrogens (tertiary/aromatic N) is 3. The predicted molar refractivity (Wildman–Crippen MR) is 77.7 cm³/mol. The van der Waals surface area contributed by atoms with Gasteiger partial charge in [-0.2, -0.15) is 5.10 Å². The van der Waals surface area contributed by atoms with Gasteiger partial charge in [-0.25, -0.2) is 13.1 Å². The molecule has 0 aliphatic carbocycles. The Morgan fingerprint density at radius 3 is 2.65 bits per heavy atom. The molecule has 1 saturated heterocycles. The molecule has 8 heteroatoms. The van der Waals surface area contributed by atoms with Gasteiger partial charge in [0.15, 0.2) is 5.82 Å². The molecule has 0 aromatic carbocycles. The number of aryl methyl sites for hydroxylation is 1. The zero-order valence-corrected chi connectivity index (χ0v) is 12.7. The largest absolute Gasteiger partial charge is 0.381 e. The third-order valence-electron chi connectivity index (χ3n) is 3.50. The molecule has 20 heavy (non-hydrogen) atoms. The number of hydrogen-bond acceptors (Lipinski definition) is 5. The molecule has 1 aromatic heterocycles. The molecule has 0 unspecified atom stereocenters. The first-order valence-electron chi connectivity index (χ1n) is 7.00. The maximum absolute atomic E-state index is 12.1. The van der Waals surface area contributed by atoms with Crippen molar-refractivity contribution in [3.63, 3.8) is 0 Å². The topological polar surface area (TPSA) is 93.2 Å². The molecule has 2 rings (SSSR count). The number of nitrogen functional groups attached to an aromatic ring is 1. The Morgan fingerprint density at radius 1 is 1.35 bits per heavy atom. The number of nitrogens with two attached hydrogens (primary N) is 1. The lowest BCUT2D eigenvalue weighted by Gasteiger charge is -2.26. The van der Waals surface area contributed by atoms with Crippen LogP contribution in [0.3, 0.4) is 0 Å². The number of sulfonamides is 1. The van der Waals surface area contributed by atoms with Crippen LogP contribution in [0.5, 0.6) is 0 Å². The summed E-state index contributed by atoms with van der Waals surface area (Å²) in [6.45, 7) is 3.61. The Bertz CT molecular complexity index is 534. The van der Waals surface area contributed by atoms with E-state index in [9.17, 15) is 8.42 Å². The quantitative estimate of drug-likeness (QED) is 0.730. The van der Waals surface area contributed by atoms with E-state index in [1.165, 1.54) is 30.1 Å². The highest BCUT2D eigenvalue weighted by molar-refractivity contribution is 7.89. The van der Waals surface area contributed by atoms with Gasteiger partial charge in [0, 0.05) is 19.8 Å². The van der Waals surface area contributed by atoms with Gasteiger partial charge >= 0.3 is 0 Å². The van der Waals surface area contributed by atoms with E-state index in [0.29, 0.717) is 6.54 Å². The van der Waals surface area contributed by atoms with Gasteiger partial charge in [0.2, 0.25) is 10.0 Å². The molecule has 0 saturated carbocycles. The minimum atomic E-state index is -3.55. The summed E-state index contributed by atoms with van der Waals surface area (Å²) in [6.07, 6.45) is 6.03. The van der Waals surface area contributed by atoms with Gasteiger partial charge in [-0.05, 0) is 38.9 Å². The number of rotatable bonds is 6. The summed E-state index contributed by atoms with van der Waals surface area (Å²) in [7, 11) is -1.91. The van der Waals surface area contributed by atoms with Gasteiger partial charge < -0.3 is 10.6 Å². The first kappa shape index (κ1) is 15.3. The number of anilines is 1. The molecule has 7 nitrogen and oxygen atoms in total. The smallest absolute Gasteiger partial charge is 0.245 e. The fourth-order valence-corrected chi connectivity index (χ4v) is 3.64. The van der Waals surface area contributed by atoms with Crippen molar-refractivity contribution < 1.29 is 8.42 Å². The van der Waals surface area contributed by atoms with Gasteiger partial charge in [-0.3, -0.25) is 4.68 Å². The second-order valence-electron chi connectivity index (χ2n) is 5.21. The van der Waals surface area contributed by atoms with Crippen LogP contribution in [0.25, 0.3) is 0 Å². The highest BCUT2D eigenvalue weighted by atomic mass is 32.2. The molecular formula is C12H23N5O2S. The van der Waals surface area contributed by atoms with Gasteiger partial charge in [0.05, 0.1) is 0 Å². The Labute approximate surface area is 120 Å². The maximum Gasteiger partial charge on any atom is 0.245 e. The number of piperidine rings is 1. The Morgan fingerprint density at radius 2 is 2.05 bits per heavy atom. The van der Waals surface area contributed by atoms with Gasteiger partial charge in [-0.15, -0.1) is 0 Å². The third-order valence-corrected chi connectivity index (χ3v) is 4.98. The standard InChI is InChI=1S/C12H23N5O2S/c1-16-10-11(12(13)15-16)20(18,19)14-6-5-9-17-7-3-2-4-8-17/h10,14H,2-9H2,1H3,(H2,13,15). The van der Waals surface area contributed by atoms with Crippen molar-refractivity contribution in [1.29, 1.82) is 0 Å². The first-order chi connectivity index (χ1) is 9.49. The highest BCUT2D eigenvalue weighted by Crippen LogP contribution is 2.15. The molecule has 2 heterocycles. The minimum Gasteiger partial charge on any atom is -0.381 e. The van der Waals surface area contributed by atoms with Crippen LogP contribution in [0, 0.1) is 0 Å². The fraction of sp³-hybridized carbons (Fsp3) is 0.750. The molecule has 1 aliphatic rings. The third kappa shape index (κ3) is 3.94.